The summed E-state index contributed by atoms with van der Waals surface area (Å²) in [7, 11) is 0. The van der Waals surface area contributed by atoms with Gasteiger partial charge in [-0.05, 0) is 16.7 Å². The largest absolute Gasteiger partial charge is 0.151 e. The third-order valence-corrected chi connectivity index (χ3v) is 4.08. The molecule has 0 fully saturated rings. The Hall–Kier alpha value is -1.21. The normalized spacial score (nSPS) is 11.5. The molecule has 94 valence electrons. The molecule has 0 saturated carbocycles. The molecule has 0 N–H and O–H groups in total. The lowest BCUT2D eigenvalue weighted by Crippen LogP contribution is -2.07. The van der Waals surface area contributed by atoms with Crippen LogP contribution in [0.25, 0.3) is 11.1 Å². The van der Waals surface area contributed by atoms with E-state index in [1.807, 2.05) is 11.8 Å². The maximum absolute atomic E-state index is 2.26. The summed E-state index contributed by atoms with van der Waals surface area (Å²) in [5.41, 5.74) is 3.97. The molecule has 0 aliphatic rings. The Morgan fingerprint density at radius 2 is 1.33 bits per heavy atom. The fourth-order valence-electron chi connectivity index (χ4n) is 1.72. The molecule has 0 aliphatic heterocycles. The predicted octanol–water partition coefficient (Wildman–Crippen LogP) is 5.39. The minimum Gasteiger partial charge on any atom is -0.151 e. The Bertz CT molecular complexity index is 477. The Labute approximate surface area is 114 Å². The van der Waals surface area contributed by atoms with Crippen molar-refractivity contribution in [1.82, 2.24) is 0 Å². The monoisotopic (exact) mass is 256 g/mol. The molecule has 0 unspecified atom stereocenters. The van der Waals surface area contributed by atoms with Crippen molar-refractivity contribution in [3.05, 3.63) is 60.2 Å². The van der Waals surface area contributed by atoms with Crippen LogP contribution in [0.5, 0.6) is 0 Å². The van der Waals surface area contributed by atoms with Crippen molar-refractivity contribution in [3.8, 4) is 11.1 Å². The number of hydrogen-bond acceptors (Lipinski definition) is 1. The molecule has 18 heavy (non-hydrogen) atoms. The summed E-state index contributed by atoms with van der Waals surface area (Å²) in [5.74, 6) is 1.08. The number of rotatable bonds is 3. The van der Waals surface area contributed by atoms with E-state index in [-0.39, 0.29) is 0 Å². The molecule has 2 rings (SSSR count). The summed E-state index contributed by atoms with van der Waals surface area (Å²) in [6, 6.07) is 19.4. The molecule has 0 aromatic heterocycles. The lowest BCUT2D eigenvalue weighted by molar-refractivity contribution is 0.802. The van der Waals surface area contributed by atoms with Gasteiger partial charge in [0.2, 0.25) is 0 Å². The SMILES string of the molecule is CC(C)(C)SCc1ccc(-c2ccccc2)cc1. The summed E-state index contributed by atoms with van der Waals surface area (Å²) in [4.78, 5) is 0. The third kappa shape index (κ3) is 3.92. The van der Waals surface area contributed by atoms with Gasteiger partial charge < -0.3 is 0 Å². The molecular weight excluding hydrogens is 236 g/mol. The molecule has 0 heterocycles. The summed E-state index contributed by atoms with van der Waals surface area (Å²) in [6.07, 6.45) is 0. The Balaban J connectivity index is 2.07. The van der Waals surface area contributed by atoms with Crippen LogP contribution < -0.4 is 0 Å². The first kappa shape index (κ1) is 13.2. The molecule has 2 aromatic rings. The van der Waals surface area contributed by atoms with Crippen LogP contribution in [0.4, 0.5) is 0 Å². The van der Waals surface area contributed by atoms with Gasteiger partial charge in [-0.2, -0.15) is 11.8 Å². The highest BCUT2D eigenvalue weighted by molar-refractivity contribution is 7.99. The average molecular weight is 256 g/mol. The lowest BCUT2D eigenvalue weighted by atomic mass is 10.0. The minimum absolute atomic E-state index is 0.331. The first-order valence-electron chi connectivity index (χ1n) is 6.33. The van der Waals surface area contributed by atoms with E-state index >= 15 is 0 Å². The lowest BCUT2D eigenvalue weighted by Gasteiger charge is -2.17. The second-order valence-electron chi connectivity index (χ2n) is 5.46. The molecule has 2 aromatic carbocycles. The van der Waals surface area contributed by atoms with Gasteiger partial charge >= 0.3 is 0 Å². The Morgan fingerprint density at radius 1 is 0.778 bits per heavy atom. The highest BCUT2D eigenvalue weighted by atomic mass is 32.2. The quantitative estimate of drug-likeness (QED) is 0.710. The minimum atomic E-state index is 0.331. The van der Waals surface area contributed by atoms with Crippen LogP contribution in [0.1, 0.15) is 26.3 Å². The third-order valence-electron chi connectivity index (χ3n) is 2.73. The average Bonchev–Trinajstić information content (AvgIpc) is 2.37. The first-order valence-corrected chi connectivity index (χ1v) is 7.31. The van der Waals surface area contributed by atoms with Gasteiger partial charge in [-0.1, -0.05) is 75.4 Å². The van der Waals surface area contributed by atoms with Gasteiger partial charge in [0.15, 0.2) is 0 Å². The van der Waals surface area contributed by atoms with E-state index in [2.05, 4.69) is 75.4 Å². The topological polar surface area (TPSA) is 0 Å². The van der Waals surface area contributed by atoms with Gasteiger partial charge in [0.1, 0.15) is 0 Å². The predicted molar refractivity (Wildman–Crippen MR) is 82.9 cm³/mol. The first-order chi connectivity index (χ1) is 8.54. The van der Waals surface area contributed by atoms with E-state index in [4.69, 9.17) is 0 Å². The van der Waals surface area contributed by atoms with Crippen LogP contribution in [0.3, 0.4) is 0 Å². The van der Waals surface area contributed by atoms with E-state index in [1.54, 1.807) is 0 Å². The molecule has 0 amide bonds. The Morgan fingerprint density at radius 3 is 1.89 bits per heavy atom. The van der Waals surface area contributed by atoms with Crippen molar-refractivity contribution in [1.29, 1.82) is 0 Å². The molecule has 0 radical (unpaired) electrons. The molecule has 0 saturated heterocycles. The molecule has 1 heteroatoms. The zero-order valence-electron chi connectivity index (χ0n) is 11.3. The van der Waals surface area contributed by atoms with Crippen molar-refractivity contribution in [3.63, 3.8) is 0 Å². The van der Waals surface area contributed by atoms with Crippen LogP contribution >= 0.6 is 11.8 Å². The maximum atomic E-state index is 2.26. The number of benzene rings is 2. The van der Waals surface area contributed by atoms with Gasteiger partial charge in [0.05, 0.1) is 0 Å². The summed E-state index contributed by atoms with van der Waals surface area (Å²) >= 11 is 1.99. The van der Waals surface area contributed by atoms with E-state index in [9.17, 15) is 0 Å². The van der Waals surface area contributed by atoms with Gasteiger partial charge in [-0.3, -0.25) is 0 Å². The van der Waals surface area contributed by atoms with E-state index < -0.39 is 0 Å². The number of thioether (sulfide) groups is 1. The van der Waals surface area contributed by atoms with Crippen LogP contribution in [0.15, 0.2) is 54.6 Å². The zero-order chi connectivity index (χ0) is 13.0. The van der Waals surface area contributed by atoms with E-state index in [1.165, 1.54) is 16.7 Å². The highest BCUT2D eigenvalue weighted by Crippen LogP contribution is 2.28. The molecule has 0 aliphatic carbocycles. The zero-order valence-corrected chi connectivity index (χ0v) is 12.1. The fraction of sp³-hybridized carbons (Fsp3) is 0.294. The van der Waals surface area contributed by atoms with Crippen LogP contribution in [0, 0.1) is 0 Å². The van der Waals surface area contributed by atoms with Crippen molar-refractivity contribution in [2.75, 3.05) is 0 Å². The maximum Gasteiger partial charge on any atom is 0.0189 e. The summed E-state index contributed by atoms with van der Waals surface area (Å²) in [6.45, 7) is 6.78. The van der Waals surface area contributed by atoms with Gasteiger partial charge in [0.25, 0.3) is 0 Å². The second kappa shape index (κ2) is 5.62. The number of hydrogen-bond donors (Lipinski definition) is 0. The Kier molecular flexibility index (Phi) is 4.13. The molecule has 0 atom stereocenters. The summed E-state index contributed by atoms with van der Waals surface area (Å²) in [5, 5.41) is 0. The van der Waals surface area contributed by atoms with E-state index in [0.717, 1.165) is 5.75 Å². The fourth-order valence-corrected chi connectivity index (χ4v) is 2.52. The van der Waals surface area contributed by atoms with Gasteiger partial charge in [-0.25, -0.2) is 0 Å². The van der Waals surface area contributed by atoms with Crippen LogP contribution in [-0.2, 0) is 5.75 Å². The molecule has 0 nitrogen and oxygen atoms in total. The molecule has 0 spiro atoms. The van der Waals surface area contributed by atoms with Gasteiger partial charge in [0, 0.05) is 10.5 Å². The molecule has 0 bridgehead atoms. The van der Waals surface area contributed by atoms with Crippen LogP contribution in [-0.4, -0.2) is 4.75 Å². The highest BCUT2D eigenvalue weighted by Gasteiger charge is 2.10. The van der Waals surface area contributed by atoms with Crippen molar-refractivity contribution in [2.45, 2.75) is 31.3 Å². The standard InChI is InChI=1S/C17H20S/c1-17(2,3)18-13-14-9-11-16(12-10-14)15-7-5-4-6-8-15/h4-12H,13H2,1-3H3. The van der Waals surface area contributed by atoms with Crippen LogP contribution in [0.2, 0.25) is 0 Å². The van der Waals surface area contributed by atoms with Crippen molar-refractivity contribution < 1.29 is 0 Å². The summed E-state index contributed by atoms with van der Waals surface area (Å²) < 4.78 is 0.331. The smallest absolute Gasteiger partial charge is 0.0189 e. The van der Waals surface area contributed by atoms with Gasteiger partial charge in [-0.15, -0.1) is 0 Å². The molecular formula is C17H20S. The van der Waals surface area contributed by atoms with Crippen molar-refractivity contribution in [2.24, 2.45) is 0 Å². The second-order valence-corrected chi connectivity index (χ2v) is 7.27. The van der Waals surface area contributed by atoms with E-state index in [0.29, 0.717) is 4.75 Å². The van der Waals surface area contributed by atoms with Crippen molar-refractivity contribution >= 4 is 11.8 Å².